The normalized spacial score (nSPS) is 13.9. The largest absolute Gasteiger partial charge is 0.481 e. The van der Waals surface area contributed by atoms with Gasteiger partial charge in [0.05, 0.1) is 0 Å². The summed E-state index contributed by atoms with van der Waals surface area (Å²) in [6.45, 7) is 1.97. The monoisotopic (exact) mass is 328 g/mol. The fraction of sp³-hybridized carbons (Fsp3) is 0.722. The van der Waals surface area contributed by atoms with E-state index in [-0.39, 0.29) is 12.8 Å². The van der Waals surface area contributed by atoms with Gasteiger partial charge in [0.1, 0.15) is 6.10 Å². The summed E-state index contributed by atoms with van der Waals surface area (Å²) in [5.41, 5.74) is 0. The van der Waals surface area contributed by atoms with Gasteiger partial charge in [-0.2, -0.15) is 0 Å². The molecule has 0 spiro atoms. The highest BCUT2D eigenvalue weighted by Crippen LogP contribution is 2.14. The maximum atomic E-state index is 10.3. The number of carbonyl (C=O) groups is 1. The number of carboxylic acid groups (broad SMARTS) is 1. The zero-order valence-corrected chi connectivity index (χ0v) is 14.2. The number of aliphatic hydroxyl groups is 3. The predicted molar refractivity (Wildman–Crippen MR) is 90.9 cm³/mol. The molecule has 1 unspecified atom stereocenters. The van der Waals surface area contributed by atoms with E-state index in [1.165, 1.54) is 6.08 Å². The van der Waals surface area contributed by atoms with Crippen LogP contribution in [0.4, 0.5) is 0 Å². The lowest BCUT2D eigenvalue weighted by atomic mass is 10.0. The molecule has 5 nitrogen and oxygen atoms in total. The van der Waals surface area contributed by atoms with Crippen LogP contribution in [-0.2, 0) is 4.79 Å². The van der Waals surface area contributed by atoms with Crippen LogP contribution in [0.2, 0.25) is 0 Å². The van der Waals surface area contributed by atoms with Crippen molar-refractivity contribution in [2.75, 3.05) is 0 Å². The van der Waals surface area contributed by atoms with Crippen molar-refractivity contribution in [2.45, 2.75) is 83.0 Å². The Kier molecular flexibility index (Phi) is 12.6. The first kappa shape index (κ1) is 21.8. The fourth-order valence-electron chi connectivity index (χ4n) is 2.18. The van der Waals surface area contributed by atoms with Crippen LogP contribution >= 0.6 is 0 Å². The number of hydrogen-bond donors (Lipinski definition) is 4. The van der Waals surface area contributed by atoms with Crippen molar-refractivity contribution in [1.82, 2.24) is 0 Å². The molecule has 0 fully saturated rings. The van der Waals surface area contributed by atoms with E-state index in [0.29, 0.717) is 0 Å². The number of hydrogen-bond acceptors (Lipinski definition) is 4. The lowest BCUT2D eigenvalue weighted by Gasteiger charge is -2.23. The van der Waals surface area contributed by atoms with Gasteiger partial charge in [-0.25, -0.2) is 0 Å². The summed E-state index contributed by atoms with van der Waals surface area (Å²) >= 11 is 0. The van der Waals surface area contributed by atoms with E-state index >= 15 is 0 Å². The zero-order valence-electron chi connectivity index (χ0n) is 14.2. The molecular formula is C18H32O5. The lowest BCUT2D eigenvalue weighted by Crippen LogP contribution is -2.39. The molecule has 0 amide bonds. The third kappa shape index (κ3) is 13.0. The van der Waals surface area contributed by atoms with E-state index in [0.717, 1.165) is 51.4 Å². The summed E-state index contributed by atoms with van der Waals surface area (Å²) in [6.07, 6.45) is 13.1. The van der Waals surface area contributed by atoms with Gasteiger partial charge in [-0.3, -0.25) is 4.79 Å². The van der Waals surface area contributed by atoms with Gasteiger partial charge in [0.25, 0.3) is 0 Å². The van der Waals surface area contributed by atoms with Crippen molar-refractivity contribution in [3.05, 3.63) is 24.3 Å². The molecule has 0 aromatic heterocycles. The Labute approximate surface area is 139 Å². The maximum absolute atomic E-state index is 10.3. The first-order chi connectivity index (χ1) is 10.9. The molecule has 134 valence electrons. The van der Waals surface area contributed by atoms with Gasteiger partial charge in [-0.05, 0) is 38.2 Å². The van der Waals surface area contributed by atoms with Crippen LogP contribution in [0.1, 0.15) is 71.1 Å². The highest BCUT2D eigenvalue weighted by atomic mass is 16.5. The fourth-order valence-corrected chi connectivity index (χ4v) is 2.18. The molecule has 0 rings (SSSR count). The van der Waals surface area contributed by atoms with Crippen molar-refractivity contribution >= 4 is 5.97 Å². The predicted octanol–water partition coefficient (Wildman–Crippen LogP) is 3.15. The van der Waals surface area contributed by atoms with Crippen molar-refractivity contribution in [3.8, 4) is 0 Å². The van der Waals surface area contributed by atoms with Crippen LogP contribution in [0.25, 0.3) is 0 Å². The Morgan fingerprint density at radius 3 is 2.22 bits per heavy atom. The van der Waals surface area contributed by atoms with Gasteiger partial charge < -0.3 is 20.4 Å². The first-order valence-corrected chi connectivity index (χ1v) is 8.57. The average Bonchev–Trinajstić information content (AvgIpc) is 2.48. The number of aliphatic hydroxyl groups excluding tert-OH is 1. The second kappa shape index (κ2) is 13.3. The van der Waals surface area contributed by atoms with Gasteiger partial charge in [-0.1, -0.05) is 50.8 Å². The van der Waals surface area contributed by atoms with Gasteiger partial charge >= 0.3 is 5.97 Å². The zero-order chi connectivity index (χ0) is 17.6. The summed E-state index contributed by atoms with van der Waals surface area (Å²) in [4.78, 5) is 10.3. The number of rotatable bonds is 14. The molecule has 0 aromatic carbocycles. The molecule has 23 heavy (non-hydrogen) atoms. The highest BCUT2D eigenvalue weighted by molar-refractivity contribution is 5.66. The summed E-state index contributed by atoms with van der Waals surface area (Å²) < 4.78 is 0. The number of aliphatic carboxylic acids is 1. The molecule has 0 saturated heterocycles. The standard InChI is InChI=1S/C18H32O5/c1-2-3-10-13-16(19)18(22,23)15-12-9-7-5-4-6-8-11-14-17(20)21/h3,10,12,15-16,19,22-23H,2,4-9,11,13-14H2,1H3,(H,20,21)/b10-3+,15-12+. The molecule has 0 aromatic rings. The molecule has 0 bridgehead atoms. The molecule has 0 aliphatic rings. The Morgan fingerprint density at radius 1 is 1.00 bits per heavy atom. The Balaban J connectivity index is 3.71. The lowest BCUT2D eigenvalue weighted by molar-refractivity contribution is -0.187. The summed E-state index contributed by atoms with van der Waals surface area (Å²) in [5, 5.41) is 37.8. The minimum atomic E-state index is -2.19. The van der Waals surface area contributed by atoms with Crippen LogP contribution in [0.15, 0.2) is 24.3 Å². The summed E-state index contributed by atoms with van der Waals surface area (Å²) in [7, 11) is 0. The molecule has 0 heterocycles. The third-order valence-corrected chi connectivity index (χ3v) is 3.63. The molecule has 0 saturated carbocycles. The molecule has 0 aliphatic carbocycles. The highest BCUT2D eigenvalue weighted by Gasteiger charge is 2.28. The van der Waals surface area contributed by atoms with Crippen LogP contribution in [0.5, 0.6) is 0 Å². The smallest absolute Gasteiger partial charge is 0.303 e. The van der Waals surface area contributed by atoms with Crippen LogP contribution in [-0.4, -0.2) is 38.3 Å². The topological polar surface area (TPSA) is 98.0 Å². The van der Waals surface area contributed by atoms with E-state index in [1.807, 2.05) is 13.0 Å². The quantitative estimate of drug-likeness (QED) is 0.223. The van der Waals surface area contributed by atoms with E-state index in [2.05, 4.69) is 0 Å². The molecule has 5 heteroatoms. The van der Waals surface area contributed by atoms with Gasteiger partial charge in [0, 0.05) is 6.42 Å². The van der Waals surface area contributed by atoms with E-state index < -0.39 is 17.9 Å². The molecule has 1 atom stereocenters. The number of allylic oxidation sites excluding steroid dienone is 2. The second-order valence-electron chi connectivity index (χ2n) is 5.87. The molecule has 0 radical (unpaired) electrons. The van der Waals surface area contributed by atoms with Crippen molar-refractivity contribution in [2.24, 2.45) is 0 Å². The summed E-state index contributed by atoms with van der Waals surface area (Å²) in [6, 6.07) is 0. The first-order valence-electron chi connectivity index (χ1n) is 8.57. The minimum Gasteiger partial charge on any atom is -0.481 e. The maximum Gasteiger partial charge on any atom is 0.303 e. The molecular weight excluding hydrogens is 296 g/mol. The third-order valence-electron chi connectivity index (χ3n) is 3.63. The van der Waals surface area contributed by atoms with Crippen LogP contribution in [0, 0.1) is 0 Å². The van der Waals surface area contributed by atoms with Gasteiger partial charge in [-0.15, -0.1) is 0 Å². The minimum absolute atomic E-state index is 0.210. The Bertz CT molecular complexity index is 360. The molecule has 0 aliphatic heterocycles. The van der Waals surface area contributed by atoms with E-state index in [4.69, 9.17) is 5.11 Å². The van der Waals surface area contributed by atoms with E-state index in [1.54, 1.807) is 12.2 Å². The van der Waals surface area contributed by atoms with Crippen molar-refractivity contribution in [3.63, 3.8) is 0 Å². The Morgan fingerprint density at radius 2 is 1.61 bits per heavy atom. The van der Waals surface area contributed by atoms with Crippen LogP contribution in [0.3, 0.4) is 0 Å². The number of unbranched alkanes of at least 4 members (excludes halogenated alkanes) is 6. The van der Waals surface area contributed by atoms with Crippen molar-refractivity contribution < 1.29 is 25.2 Å². The van der Waals surface area contributed by atoms with Crippen molar-refractivity contribution in [1.29, 1.82) is 0 Å². The SMILES string of the molecule is CC/C=C/CC(O)C(O)(O)/C=C/CCCCCCCCC(=O)O. The van der Waals surface area contributed by atoms with Crippen LogP contribution < -0.4 is 0 Å². The summed E-state index contributed by atoms with van der Waals surface area (Å²) in [5.74, 6) is -2.92. The number of carboxylic acids is 1. The second-order valence-corrected chi connectivity index (χ2v) is 5.87. The van der Waals surface area contributed by atoms with E-state index in [9.17, 15) is 20.1 Å². The average molecular weight is 328 g/mol. The molecule has 4 N–H and O–H groups in total. The van der Waals surface area contributed by atoms with Gasteiger partial charge in [0.15, 0.2) is 0 Å². The van der Waals surface area contributed by atoms with Gasteiger partial charge in [0.2, 0.25) is 5.79 Å². The Hall–Kier alpha value is -1.17.